The van der Waals surface area contributed by atoms with Crippen LogP contribution in [0.3, 0.4) is 0 Å². The predicted octanol–water partition coefficient (Wildman–Crippen LogP) is 0.931. The molecule has 2 aliphatic rings. The highest BCUT2D eigenvalue weighted by atomic mass is 32.2. The Labute approximate surface area is 113 Å². The largest absolute Gasteiger partial charge is 0.393 e. The average molecular weight is 274 g/mol. The molecule has 0 aromatic rings. The van der Waals surface area contributed by atoms with E-state index in [9.17, 15) is 9.32 Å². The van der Waals surface area contributed by atoms with Crippen molar-refractivity contribution in [3.05, 3.63) is 0 Å². The number of piperidine rings is 1. The minimum atomic E-state index is -1.05. The average Bonchev–Trinajstić information content (AvgIpc) is 2.54. The first-order chi connectivity index (χ1) is 8.33. The van der Waals surface area contributed by atoms with Gasteiger partial charge in [0.2, 0.25) is 0 Å². The highest BCUT2D eigenvalue weighted by Crippen LogP contribution is 2.45. The van der Waals surface area contributed by atoms with Gasteiger partial charge in [0.05, 0.1) is 21.8 Å². The van der Waals surface area contributed by atoms with E-state index in [4.69, 9.17) is 0 Å². The van der Waals surface area contributed by atoms with Crippen molar-refractivity contribution < 1.29 is 9.32 Å². The van der Waals surface area contributed by atoms with Gasteiger partial charge in [-0.15, -0.1) is 0 Å². The summed E-state index contributed by atoms with van der Waals surface area (Å²) in [6.07, 6.45) is 3.50. The standard InChI is InChI=1S/C13H26N2O2S/c1-12(2,3)18(17)15-11-8-10(16)9-13(11)4-6-14-7-5-13/h10-11,14-16H,4-9H2,1-3H3/t10-,11+,18?/m0/s1. The lowest BCUT2D eigenvalue weighted by atomic mass is 9.75. The van der Waals surface area contributed by atoms with Crippen LogP contribution in [0.15, 0.2) is 0 Å². The van der Waals surface area contributed by atoms with Gasteiger partial charge < -0.3 is 10.4 Å². The third-order valence-corrected chi connectivity index (χ3v) is 5.90. The molecule has 5 heteroatoms. The summed E-state index contributed by atoms with van der Waals surface area (Å²) < 4.78 is 15.3. The molecule has 0 aromatic heterocycles. The molecule has 1 unspecified atom stereocenters. The molecule has 1 spiro atoms. The van der Waals surface area contributed by atoms with Crippen molar-refractivity contribution >= 4 is 11.0 Å². The molecule has 2 rings (SSSR count). The zero-order chi connectivity index (χ0) is 13.4. The minimum absolute atomic E-state index is 0.144. The smallest absolute Gasteiger partial charge is 0.0972 e. The molecule has 1 aliphatic carbocycles. The van der Waals surface area contributed by atoms with Gasteiger partial charge in [-0.05, 0) is 65.0 Å². The molecule has 0 amide bonds. The Morgan fingerprint density at radius 1 is 1.33 bits per heavy atom. The van der Waals surface area contributed by atoms with Crippen molar-refractivity contribution in [3.8, 4) is 0 Å². The monoisotopic (exact) mass is 274 g/mol. The van der Waals surface area contributed by atoms with Crippen molar-refractivity contribution in [3.63, 3.8) is 0 Å². The number of aliphatic hydroxyl groups excluding tert-OH is 1. The number of rotatable bonds is 2. The van der Waals surface area contributed by atoms with Crippen LogP contribution in [0.2, 0.25) is 0 Å². The Hall–Kier alpha value is 0.0300. The molecule has 0 bridgehead atoms. The lowest BCUT2D eigenvalue weighted by Gasteiger charge is -2.40. The van der Waals surface area contributed by atoms with Gasteiger partial charge in [-0.25, -0.2) is 8.93 Å². The van der Waals surface area contributed by atoms with Gasteiger partial charge >= 0.3 is 0 Å². The molecule has 4 nitrogen and oxygen atoms in total. The lowest BCUT2D eigenvalue weighted by molar-refractivity contribution is 0.133. The molecule has 1 aliphatic heterocycles. The van der Waals surface area contributed by atoms with E-state index in [0.717, 1.165) is 38.8 Å². The van der Waals surface area contributed by atoms with Crippen LogP contribution < -0.4 is 10.0 Å². The summed E-state index contributed by atoms with van der Waals surface area (Å²) >= 11 is 0. The maximum atomic E-state index is 12.3. The zero-order valence-corrected chi connectivity index (χ0v) is 12.5. The summed E-state index contributed by atoms with van der Waals surface area (Å²) in [5, 5.41) is 13.3. The Morgan fingerprint density at radius 2 is 1.94 bits per heavy atom. The molecular formula is C13H26N2O2S. The van der Waals surface area contributed by atoms with Crippen LogP contribution in [-0.2, 0) is 11.0 Å². The van der Waals surface area contributed by atoms with Crippen molar-refractivity contribution in [2.75, 3.05) is 13.1 Å². The molecule has 18 heavy (non-hydrogen) atoms. The highest BCUT2D eigenvalue weighted by molar-refractivity contribution is 7.84. The fourth-order valence-electron chi connectivity index (χ4n) is 3.17. The summed E-state index contributed by atoms with van der Waals surface area (Å²) in [4.78, 5) is 0. The molecule has 1 saturated carbocycles. The number of nitrogens with one attached hydrogen (secondary N) is 2. The maximum Gasteiger partial charge on any atom is 0.0972 e. The van der Waals surface area contributed by atoms with E-state index in [0.29, 0.717) is 0 Å². The molecule has 0 radical (unpaired) electrons. The van der Waals surface area contributed by atoms with Crippen LogP contribution in [0.25, 0.3) is 0 Å². The van der Waals surface area contributed by atoms with E-state index in [1.807, 2.05) is 20.8 Å². The third-order valence-electron chi connectivity index (χ3n) is 4.29. The second-order valence-corrected chi connectivity index (χ2v) is 8.76. The van der Waals surface area contributed by atoms with Gasteiger partial charge in [0.15, 0.2) is 0 Å². The van der Waals surface area contributed by atoms with Crippen molar-refractivity contribution in [2.45, 2.75) is 63.3 Å². The summed E-state index contributed by atoms with van der Waals surface area (Å²) in [5.74, 6) is 0. The molecule has 3 N–H and O–H groups in total. The van der Waals surface area contributed by atoms with Gasteiger partial charge in [-0.2, -0.15) is 0 Å². The van der Waals surface area contributed by atoms with Crippen LogP contribution in [0.5, 0.6) is 0 Å². The first-order valence-electron chi connectivity index (χ1n) is 6.90. The van der Waals surface area contributed by atoms with Gasteiger partial charge in [0, 0.05) is 6.04 Å². The minimum Gasteiger partial charge on any atom is -0.393 e. The first-order valence-corrected chi connectivity index (χ1v) is 8.05. The number of hydrogen-bond acceptors (Lipinski definition) is 3. The Bertz CT molecular complexity index is 321. The summed E-state index contributed by atoms with van der Waals surface area (Å²) in [6, 6.07) is 0.189. The van der Waals surface area contributed by atoms with Crippen LogP contribution in [-0.4, -0.2) is 39.3 Å². The van der Waals surface area contributed by atoms with E-state index in [-0.39, 0.29) is 22.3 Å². The molecule has 2 fully saturated rings. The van der Waals surface area contributed by atoms with Crippen molar-refractivity contribution in [1.29, 1.82) is 0 Å². The van der Waals surface area contributed by atoms with E-state index < -0.39 is 11.0 Å². The van der Waals surface area contributed by atoms with Crippen molar-refractivity contribution in [1.82, 2.24) is 10.0 Å². The quantitative estimate of drug-likeness (QED) is 0.702. The Balaban J connectivity index is 2.08. The maximum absolute atomic E-state index is 12.3. The van der Waals surface area contributed by atoms with E-state index >= 15 is 0 Å². The summed E-state index contributed by atoms with van der Waals surface area (Å²) in [7, 11) is -1.05. The summed E-state index contributed by atoms with van der Waals surface area (Å²) in [5.41, 5.74) is 0.144. The Morgan fingerprint density at radius 3 is 2.50 bits per heavy atom. The highest BCUT2D eigenvalue weighted by Gasteiger charge is 2.48. The van der Waals surface area contributed by atoms with Crippen molar-refractivity contribution in [2.24, 2.45) is 5.41 Å². The van der Waals surface area contributed by atoms with Gasteiger partial charge in [0.25, 0.3) is 0 Å². The normalized spacial score (nSPS) is 33.8. The van der Waals surface area contributed by atoms with Crippen LogP contribution >= 0.6 is 0 Å². The van der Waals surface area contributed by atoms with Gasteiger partial charge in [-0.1, -0.05) is 0 Å². The van der Waals surface area contributed by atoms with Gasteiger partial charge in [-0.3, -0.25) is 0 Å². The van der Waals surface area contributed by atoms with E-state index in [1.54, 1.807) is 0 Å². The summed E-state index contributed by atoms with van der Waals surface area (Å²) in [6.45, 7) is 7.96. The predicted molar refractivity (Wildman–Crippen MR) is 74.6 cm³/mol. The van der Waals surface area contributed by atoms with Gasteiger partial charge in [0.1, 0.15) is 0 Å². The molecule has 3 atom stereocenters. The Kier molecular flexibility index (Phi) is 4.17. The molecule has 0 aromatic carbocycles. The van der Waals surface area contributed by atoms with Crippen LogP contribution in [0.1, 0.15) is 46.5 Å². The topological polar surface area (TPSA) is 61.4 Å². The third kappa shape index (κ3) is 2.95. The molecular weight excluding hydrogens is 248 g/mol. The second-order valence-electron chi connectivity index (χ2n) is 6.76. The number of hydrogen-bond donors (Lipinski definition) is 3. The first kappa shape index (κ1) is 14.4. The number of aliphatic hydroxyl groups is 1. The second kappa shape index (κ2) is 5.19. The molecule has 1 saturated heterocycles. The van der Waals surface area contributed by atoms with E-state index in [1.165, 1.54) is 0 Å². The fraction of sp³-hybridized carbons (Fsp3) is 1.00. The lowest BCUT2D eigenvalue weighted by Crippen LogP contribution is -2.50. The van der Waals surface area contributed by atoms with E-state index in [2.05, 4.69) is 10.0 Å². The van der Waals surface area contributed by atoms with Crippen LogP contribution in [0.4, 0.5) is 0 Å². The zero-order valence-electron chi connectivity index (χ0n) is 11.7. The molecule has 106 valence electrons. The van der Waals surface area contributed by atoms with Crippen LogP contribution in [0, 0.1) is 5.41 Å². The fourth-order valence-corrected chi connectivity index (χ4v) is 4.13. The molecule has 1 heterocycles. The SMILES string of the molecule is CC(C)(C)S(=O)N[C@@H]1C[C@H](O)CC12CCNCC2.